The number of aryl methyl sites for hydroxylation is 1. The predicted molar refractivity (Wildman–Crippen MR) is 111 cm³/mol. The maximum atomic E-state index is 12.8. The first kappa shape index (κ1) is 18.6. The van der Waals surface area contributed by atoms with E-state index in [0.29, 0.717) is 32.5 Å². The van der Waals surface area contributed by atoms with Crippen LogP contribution in [0.1, 0.15) is 15.4 Å². The van der Waals surface area contributed by atoms with Crippen molar-refractivity contribution in [3.8, 4) is 17.0 Å². The van der Waals surface area contributed by atoms with Gasteiger partial charge < -0.3 is 10.1 Å². The highest BCUT2D eigenvalue weighted by Gasteiger charge is 2.19. The van der Waals surface area contributed by atoms with Crippen molar-refractivity contribution in [1.29, 1.82) is 0 Å². The van der Waals surface area contributed by atoms with E-state index in [2.05, 4.69) is 10.3 Å². The van der Waals surface area contributed by atoms with Gasteiger partial charge in [-0.2, -0.15) is 0 Å². The highest BCUT2D eigenvalue weighted by molar-refractivity contribution is 7.19. The van der Waals surface area contributed by atoms with Crippen LogP contribution in [0, 0.1) is 17.0 Å². The van der Waals surface area contributed by atoms with Gasteiger partial charge in [0.15, 0.2) is 4.96 Å². The average molecular weight is 408 g/mol. The van der Waals surface area contributed by atoms with Crippen LogP contribution < -0.4 is 10.1 Å². The number of nitro groups is 1. The van der Waals surface area contributed by atoms with Crippen LogP contribution in [0.15, 0.2) is 54.7 Å². The molecule has 0 spiro atoms. The number of methoxy groups -OCH3 is 1. The van der Waals surface area contributed by atoms with Crippen LogP contribution in [-0.4, -0.2) is 27.3 Å². The van der Waals surface area contributed by atoms with Crippen molar-refractivity contribution < 1.29 is 14.5 Å². The van der Waals surface area contributed by atoms with Crippen LogP contribution in [0.4, 0.5) is 11.4 Å². The summed E-state index contributed by atoms with van der Waals surface area (Å²) in [5, 5.41) is 13.9. The van der Waals surface area contributed by atoms with Crippen molar-refractivity contribution in [1.82, 2.24) is 9.38 Å². The number of imidazole rings is 1. The molecule has 146 valence electrons. The molecule has 0 aliphatic heterocycles. The summed E-state index contributed by atoms with van der Waals surface area (Å²) < 4.78 is 7.09. The lowest BCUT2D eigenvalue weighted by atomic mass is 10.1. The number of benzene rings is 2. The number of hydrogen-bond acceptors (Lipinski definition) is 6. The van der Waals surface area contributed by atoms with Crippen molar-refractivity contribution >= 4 is 33.6 Å². The summed E-state index contributed by atoms with van der Waals surface area (Å²) in [6.07, 6.45) is 1.78. The highest BCUT2D eigenvalue weighted by atomic mass is 32.1. The maximum absolute atomic E-state index is 12.8. The molecule has 0 saturated carbocycles. The number of hydrogen-bond donors (Lipinski definition) is 1. The summed E-state index contributed by atoms with van der Waals surface area (Å²) in [4.78, 5) is 29.0. The van der Waals surface area contributed by atoms with Crippen LogP contribution in [0.25, 0.3) is 16.2 Å². The van der Waals surface area contributed by atoms with E-state index in [4.69, 9.17) is 4.74 Å². The van der Waals surface area contributed by atoms with Crippen LogP contribution >= 0.6 is 11.3 Å². The molecule has 0 bridgehead atoms. The molecule has 2 heterocycles. The van der Waals surface area contributed by atoms with Crippen LogP contribution in [-0.2, 0) is 0 Å². The van der Waals surface area contributed by atoms with Gasteiger partial charge in [-0.1, -0.05) is 35.6 Å². The van der Waals surface area contributed by atoms with Gasteiger partial charge in [-0.15, -0.1) is 0 Å². The lowest BCUT2D eigenvalue weighted by Gasteiger charge is -2.09. The molecule has 0 aliphatic carbocycles. The number of non-ortho nitro benzene ring substituents is 1. The Hall–Kier alpha value is -3.72. The molecule has 29 heavy (non-hydrogen) atoms. The molecular weight excluding hydrogens is 392 g/mol. The zero-order chi connectivity index (χ0) is 20.5. The van der Waals surface area contributed by atoms with Crippen molar-refractivity contribution in [3.63, 3.8) is 0 Å². The Morgan fingerprint density at radius 1 is 1.24 bits per heavy atom. The van der Waals surface area contributed by atoms with Gasteiger partial charge in [0.25, 0.3) is 11.6 Å². The van der Waals surface area contributed by atoms with Crippen LogP contribution in [0.3, 0.4) is 0 Å². The standard InChI is InChI=1S/C20H16N4O4S/c1-12-18(19(25)21-15-8-3-4-9-17(15)28-2)29-20-22-16(11-23(12)20)13-6-5-7-14(10-13)24(26)27/h3-11H,1-2H3,(H,21,25). The zero-order valence-corrected chi connectivity index (χ0v) is 16.4. The van der Waals surface area contributed by atoms with E-state index < -0.39 is 4.92 Å². The third-order valence-corrected chi connectivity index (χ3v) is 5.63. The summed E-state index contributed by atoms with van der Waals surface area (Å²) in [6, 6.07) is 13.5. The maximum Gasteiger partial charge on any atom is 0.270 e. The molecule has 9 heteroatoms. The third-order valence-electron chi connectivity index (χ3n) is 4.47. The molecule has 4 aromatic rings. The molecule has 0 unspecified atom stereocenters. The second-order valence-corrected chi connectivity index (χ2v) is 7.23. The van der Waals surface area contributed by atoms with E-state index in [0.717, 1.165) is 5.69 Å². The smallest absolute Gasteiger partial charge is 0.270 e. The molecule has 1 N–H and O–H groups in total. The van der Waals surface area contributed by atoms with Gasteiger partial charge in [0, 0.05) is 29.6 Å². The summed E-state index contributed by atoms with van der Waals surface area (Å²) >= 11 is 1.26. The topological polar surface area (TPSA) is 98.8 Å². The van der Waals surface area contributed by atoms with E-state index >= 15 is 0 Å². The van der Waals surface area contributed by atoms with Gasteiger partial charge in [-0.25, -0.2) is 4.98 Å². The number of nitrogens with zero attached hydrogens (tertiary/aromatic N) is 3. The number of nitro benzene ring substituents is 1. The molecule has 0 fully saturated rings. The fraction of sp³-hybridized carbons (Fsp3) is 0.100. The molecule has 0 atom stereocenters. The summed E-state index contributed by atoms with van der Waals surface area (Å²) in [6.45, 7) is 1.83. The minimum Gasteiger partial charge on any atom is -0.495 e. The number of nitrogens with one attached hydrogen (secondary N) is 1. The second kappa shape index (κ2) is 7.36. The first-order valence-electron chi connectivity index (χ1n) is 8.65. The van der Waals surface area contributed by atoms with Crippen molar-refractivity contribution in [3.05, 3.63) is 75.4 Å². The van der Waals surface area contributed by atoms with Gasteiger partial charge in [0.2, 0.25) is 0 Å². The number of thiazole rings is 1. The van der Waals surface area contributed by atoms with Crippen molar-refractivity contribution in [2.75, 3.05) is 12.4 Å². The summed E-state index contributed by atoms with van der Waals surface area (Å²) in [7, 11) is 1.55. The number of ether oxygens (including phenoxy) is 1. The van der Waals surface area contributed by atoms with E-state index in [1.807, 2.05) is 23.5 Å². The Morgan fingerprint density at radius 2 is 2.03 bits per heavy atom. The third kappa shape index (κ3) is 3.43. The monoisotopic (exact) mass is 408 g/mol. The van der Waals surface area contributed by atoms with Crippen LogP contribution in [0.2, 0.25) is 0 Å². The normalized spacial score (nSPS) is 10.8. The van der Waals surface area contributed by atoms with E-state index in [1.54, 1.807) is 37.6 Å². The Balaban J connectivity index is 1.66. The molecule has 2 aromatic carbocycles. The van der Waals surface area contributed by atoms with Gasteiger partial charge in [-0.3, -0.25) is 19.3 Å². The Kier molecular flexibility index (Phi) is 4.73. The molecule has 8 nitrogen and oxygen atoms in total. The Morgan fingerprint density at radius 3 is 2.76 bits per heavy atom. The van der Waals surface area contributed by atoms with Gasteiger partial charge in [0.1, 0.15) is 10.6 Å². The Labute approximate surface area is 169 Å². The summed E-state index contributed by atoms with van der Waals surface area (Å²) in [5.74, 6) is 0.326. The fourth-order valence-corrected chi connectivity index (χ4v) is 4.01. The lowest BCUT2D eigenvalue weighted by Crippen LogP contribution is -2.12. The number of fused-ring (bicyclic) bond motifs is 1. The lowest BCUT2D eigenvalue weighted by molar-refractivity contribution is -0.384. The number of anilines is 1. The number of carbonyl (C=O) groups excluding carboxylic acids is 1. The first-order chi connectivity index (χ1) is 14.0. The van der Waals surface area contributed by atoms with E-state index in [9.17, 15) is 14.9 Å². The molecule has 0 aliphatic rings. The van der Waals surface area contributed by atoms with E-state index in [-0.39, 0.29) is 11.6 Å². The number of aromatic nitrogens is 2. The summed E-state index contributed by atoms with van der Waals surface area (Å²) in [5.41, 5.74) is 2.59. The van der Waals surface area contributed by atoms with Crippen LogP contribution in [0.5, 0.6) is 5.75 Å². The van der Waals surface area contributed by atoms with E-state index in [1.165, 1.54) is 23.5 Å². The predicted octanol–water partition coefficient (Wildman–Crippen LogP) is 4.54. The fourth-order valence-electron chi connectivity index (χ4n) is 3.01. The second-order valence-electron chi connectivity index (χ2n) is 6.26. The molecule has 0 saturated heterocycles. The minimum atomic E-state index is -0.437. The highest BCUT2D eigenvalue weighted by Crippen LogP contribution is 2.30. The zero-order valence-electron chi connectivity index (χ0n) is 15.6. The van der Waals surface area contributed by atoms with Gasteiger partial charge in [-0.05, 0) is 19.1 Å². The quantitative estimate of drug-likeness (QED) is 0.386. The van der Waals surface area contributed by atoms with Gasteiger partial charge >= 0.3 is 0 Å². The van der Waals surface area contributed by atoms with Gasteiger partial charge in [0.05, 0.1) is 23.4 Å². The molecule has 4 rings (SSSR count). The molecule has 1 amide bonds. The largest absolute Gasteiger partial charge is 0.495 e. The van der Waals surface area contributed by atoms with Crippen molar-refractivity contribution in [2.24, 2.45) is 0 Å². The number of carbonyl (C=O) groups is 1. The molecule has 0 radical (unpaired) electrons. The molecule has 2 aromatic heterocycles. The SMILES string of the molecule is COc1ccccc1NC(=O)c1sc2nc(-c3cccc([N+](=O)[O-])c3)cn2c1C. The number of para-hydroxylation sites is 2. The average Bonchev–Trinajstić information content (AvgIpc) is 3.28. The number of rotatable bonds is 5. The minimum absolute atomic E-state index is 0.00690. The first-order valence-corrected chi connectivity index (χ1v) is 9.47. The van der Waals surface area contributed by atoms with Crippen molar-refractivity contribution in [2.45, 2.75) is 6.92 Å². The Bertz CT molecular complexity index is 1240. The number of amides is 1. The molecular formula is C20H16N4O4S.